The van der Waals surface area contributed by atoms with Gasteiger partial charge in [0.15, 0.2) is 0 Å². The molecule has 0 radical (unpaired) electrons. The smallest absolute Gasteiger partial charge is 0.263 e. The number of thiazole rings is 1. The predicted octanol–water partition coefficient (Wildman–Crippen LogP) is 3.73. The number of hydrogen-bond donors (Lipinski definition) is 1. The van der Waals surface area contributed by atoms with Gasteiger partial charge in [-0.25, -0.2) is 4.98 Å². The van der Waals surface area contributed by atoms with Crippen LogP contribution >= 0.6 is 11.3 Å². The van der Waals surface area contributed by atoms with Gasteiger partial charge in [-0.05, 0) is 37.5 Å². The lowest BCUT2D eigenvalue weighted by molar-refractivity contribution is 0.0930. The van der Waals surface area contributed by atoms with E-state index in [0.717, 1.165) is 27.3 Å². The van der Waals surface area contributed by atoms with Crippen LogP contribution in [-0.4, -0.2) is 16.9 Å². The topological polar surface area (TPSA) is 42.0 Å². The van der Waals surface area contributed by atoms with Crippen molar-refractivity contribution in [3.8, 4) is 10.6 Å². The van der Waals surface area contributed by atoms with E-state index in [9.17, 15) is 4.79 Å². The second-order valence-electron chi connectivity index (χ2n) is 6.07. The van der Waals surface area contributed by atoms with Crippen molar-refractivity contribution in [1.82, 2.24) is 10.3 Å². The van der Waals surface area contributed by atoms with E-state index in [4.69, 9.17) is 0 Å². The number of carbonyl (C=O) groups is 1. The molecule has 2 aliphatic rings. The highest BCUT2D eigenvalue weighted by Gasteiger charge is 2.42. The Morgan fingerprint density at radius 1 is 1.14 bits per heavy atom. The molecule has 108 valence electrons. The zero-order chi connectivity index (χ0) is 14.2. The lowest BCUT2D eigenvalue weighted by atomic mass is 10.1. The molecule has 0 aliphatic heterocycles. The van der Waals surface area contributed by atoms with E-state index in [2.05, 4.69) is 10.3 Å². The molecule has 0 spiro atoms. The molecular formula is C17H18N2OS. The van der Waals surface area contributed by atoms with Crippen LogP contribution < -0.4 is 5.32 Å². The van der Waals surface area contributed by atoms with Crippen molar-refractivity contribution in [2.24, 2.45) is 11.8 Å². The van der Waals surface area contributed by atoms with E-state index in [1.54, 1.807) is 6.20 Å². The minimum Gasteiger partial charge on any atom is -0.348 e. The number of amides is 1. The third kappa shape index (κ3) is 2.86. The van der Waals surface area contributed by atoms with Crippen LogP contribution in [0.4, 0.5) is 0 Å². The first kappa shape index (κ1) is 13.0. The number of nitrogens with one attached hydrogen (secondary N) is 1. The molecule has 2 aliphatic carbocycles. The maximum atomic E-state index is 12.4. The van der Waals surface area contributed by atoms with E-state index < -0.39 is 0 Å². The van der Waals surface area contributed by atoms with E-state index in [1.165, 1.54) is 37.0 Å². The van der Waals surface area contributed by atoms with Gasteiger partial charge in [-0.1, -0.05) is 30.3 Å². The van der Waals surface area contributed by atoms with Crippen LogP contribution in [-0.2, 0) is 0 Å². The van der Waals surface area contributed by atoms with Gasteiger partial charge in [0, 0.05) is 11.6 Å². The first-order valence-electron chi connectivity index (χ1n) is 7.63. The summed E-state index contributed by atoms with van der Waals surface area (Å²) in [7, 11) is 0. The van der Waals surface area contributed by atoms with Crippen molar-refractivity contribution < 1.29 is 4.79 Å². The average Bonchev–Trinajstić information content (AvgIpc) is 3.44. The molecule has 1 amide bonds. The predicted molar refractivity (Wildman–Crippen MR) is 84.3 cm³/mol. The third-order valence-electron chi connectivity index (χ3n) is 4.31. The van der Waals surface area contributed by atoms with E-state index in [-0.39, 0.29) is 5.91 Å². The Labute approximate surface area is 128 Å². The fourth-order valence-electron chi connectivity index (χ4n) is 2.85. The van der Waals surface area contributed by atoms with Crippen molar-refractivity contribution in [2.75, 3.05) is 0 Å². The zero-order valence-corrected chi connectivity index (χ0v) is 12.6. The molecule has 21 heavy (non-hydrogen) atoms. The van der Waals surface area contributed by atoms with Crippen molar-refractivity contribution in [3.63, 3.8) is 0 Å². The highest BCUT2D eigenvalue weighted by Crippen LogP contribution is 2.44. The van der Waals surface area contributed by atoms with Crippen molar-refractivity contribution >= 4 is 17.2 Å². The van der Waals surface area contributed by atoms with Gasteiger partial charge in [-0.3, -0.25) is 4.79 Å². The van der Waals surface area contributed by atoms with Crippen LogP contribution in [0.2, 0.25) is 0 Å². The van der Waals surface area contributed by atoms with Gasteiger partial charge in [0.25, 0.3) is 5.91 Å². The van der Waals surface area contributed by atoms with E-state index in [0.29, 0.717) is 6.04 Å². The minimum absolute atomic E-state index is 0.0541. The summed E-state index contributed by atoms with van der Waals surface area (Å²) in [4.78, 5) is 17.5. The standard InChI is InChI=1S/C17H18N2OS/c20-16(19-15(11-6-7-11)12-8-9-12)14-10-18-17(21-14)13-4-2-1-3-5-13/h1-5,10-12,15H,6-9H2,(H,19,20). The molecule has 1 aromatic carbocycles. The largest absolute Gasteiger partial charge is 0.348 e. The Morgan fingerprint density at radius 3 is 2.43 bits per heavy atom. The van der Waals surface area contributed by atoms with Crippen LogP contribution in [0.15, 0.2) is 36.5 Å². The molecule has 1 heterocycles. The normalized spacial score (nSPS) is 18.0. The average molecular weight is 298 g/mol. The molecule has 2 fully saturated rings. The highest BCUT2D eigenvalue weighted by molar-refractivity contribution is 7.16. The molecule has 4 rings (SSSR count). The van der Waals surface area contributed by atoms with Crippen molar-refractivity contribution in [1.29, 1.82) is 0 Å². The van der Waals surface area contributed by atoms with Gasteiger partial charge in [-0.2, -0.15) is 0 Å². The number of benzene rings is 1. The van der Waals surface area contributed by atoms with Gasteiger partial charge >= 0.3 is 0 Å². The zero-order valence-electron chi connectivity index (χ0n) is 11.8. The van der Waals surface area contributed by atoms with Crippen LogP contribution in [0.1, 0.15) is 35.4 Å². The summed E-state index contributed by atoms with van der Waals surface area (Å²) in [5.41, 5.74) is 1.07. The summed E-state index contributed by atoms with van der Waals surface area (Å²) in [5, 5.41) is 4.17. The lowest BCUT2D eigenvalue weighted by Gasteiger charge is -2.16. The van der Waals surface area contributed by atoms with Crippen LogP contribution in [0, 0.1) is 11.8 Å². The maximum absolute atomic E-state index is 12.4. The Bertz CT molecular complexity index is 632. The first-order chi connectivity index (χ1) is 10.3. The fraction of sp³-hybridized carbons (Fsp3) is 0.412. The molecule has 3 nitrogen and oxygen atoms in total. The van der Waals surface area contributed by atoms with Crippen LogP contribution in [0.5, 0.6) is 0 Å². The SMILES string of the molecule is O=C(NC(C1CC1)C1CC1)c1cnc(-c2ccccc2)s1. The molecule has 0 bridgehead atoms. The van der Waals surface area contributed by atoms with Crippen molar-refractivity contribution in [3.05, 3.63) is 41.4 Å². The summed E-state index contributed by atoms with van der Waals surface area (Å²) in [6.07, 6.45) is 6.82. The fourth-order valence-corrected chi connectivity index (χ4v) is 3.67. The Hall–Kier alpha value is -1.68. The number of nitrogens with zero attached hydrogens (tertiary/aromatic N) is 1. The number of hydrogen-bond acceptors (Lipinski definition) is 3. The van der Waals surface area contributed by atoms with Gasteiger partial charge in [0.2, 0.25) is 0 Å². The Balaban J connectivity index is 1.48. The van der Waals surface area contributed by atoms with Crippen LogP contribution in [0.25, 0.3) is 10.6 Å². The second kappa shape index (κ2) is 5.26. The van der Waals surface area contributed by atoms with Gasteiger partial charge in [-0.15, -0.1) is 11.3 Å². The third-order valence-corrected chi connectivity index (χ3v) is 5.35. The molecule has 0 saturated heterocycles. The monoisotopic (exact) mass is 298 g/mol. The summed E-state index contributed by atoms with van der Waals surface area (Å²) in [6.45, 7) is 0. The molecule has 4 heteroatoms. The first-order valence-corrected chi connectivity index (χ1v) is 8.45. The summed E-state index contributed by atoms with van der Waals surface area (Å²) >= 11 is 1.48. The molecule has 1 aromatic heterocycles. The molecule has 2 aromatic rings. The summed E-state index contributed by atoms with van der Waals surface area (Å²) in [6, 6.07) is 10.4. The van der Waals surface area contributed by atoms with Crippen molar-refractivity contribution in [2.45, 2.75) is 31.7 Å². The number of rotatable bonds is 5. The quantitative estimate of drug-likeness (QED) is 0.914. The Kier molecular flexibility index (Phi) is 3.26. The van der Waals surface area contributed by atoms with E-state index >= 15 is 0 Å². The van der Waals surface area contributed by atoms with E-state index in [1.807, 2.05) is 30.3 Å². The number of carbonyl (C=O) groups excluding carboxylic acids is 1. The summed E-state index contributed by atoms with van der Waals surface area (Å²) in [5.74, 6) is 1.50. The minimum atomic E-state index is 0.0541. The molecule has 0 atom stereocenters. The van der Waals surface area contributed by atoms with Crippen LogP contribution in [0.3, 0.4) is 0 Å². The molecule has 1 N–H and O–H groups in total. The van der Waals surface area contributed by atoms with Gasteiger partial charge < -0.3 is 5.32 Å². The molecule has 0 unspecified atom stereocenters. The molecular weight excluding hydrogens is 280 g/mol. The second-order valence-corrected chi connectivity index (χ2v) is 7.10. The Morgan fingerprint density at radius 2 is 1.81 bits per heavy atom. The lowest BCUT2D eigenvalue weighted by Crippen LogP contribution is -2.37. The van der Waals surface area contributed by atoms with Gasteiger partial charge in [0.1, 0.15) is 9.88 Å². The maximum Gasteiger partial charge on any atom is 0.263 e. The molecule has 2 saturated carbocycles. The van der Waals surface area contributed by atoms with Gasteiger partial charge in [0.05, 0.1) is 6.20 Å². The highest BCUT2D eigenvalue weighted by atomic mass is 32.1. The summed E-state index contributed by atoms with van der Waals surface area (Å²) < 4.78 is 0. The number of aromatic nitrogens is 1.